The Morgan fingerprint density at radius 3 is 2.41 bits per heavy atom. The molecule has 1 aromatic carbocycles. The molecule has 1 saturated heterocycles. The molecule has 1 fully saturated rings. The van der Waals surface area contributed by atoms with Crippen molar-refractivity contribution in [1.29, 1.82) is 0 Å². The van der Waals surface area contributed by atoms with Crippen LogP contribution in [0.3, 0.4) is 0 Å². The van der Waals surface area contributed by atoms with E-state index in [1.54, 1.807) is 12.1 Å². The SMILES string of the molecule is O=C=NCc1ccc(S(=O)(=O)C2COC2)cc1. The second kappa shape index (κ2) is 4.79. The zero-order valence-electron chi connectivity index (χ0n) is 9.00. The van der Waals surface area contributed by atoms with Gasteiger partial charge < -0.3 is 4.74 Å². The molecule has 1 aliphatic rings. The Hall–Kier alpha value is -1.49. The number of hydrogen-bond acceptors (Lipinski definition) is 5. The molecule has 5 nitrogen and oxygen atoms in total. The molecule has 0 spiro atoms. The highest BCUT2D eigenvalue weighted by molar-refractivity contribution is 7.92. The van der Waals surface area contributed by atoms with Crippen LogP contribution < -0.4 is 0 Å². The first-order chi connectivity index (χ1) is 8.14. The van der Waals surface area contributed by atoms with Gasteiger partial charge in [0.15, 0.2) is 9.84 Å². The molecule has 17 heavy (non-hydrogen) atoms. The summed E-state index contributed by atoms with van der Waals surface area (Å²) in [6.07, 6.45) is 1.44. The van der Waals surface area contributed by atoms with Gasteiger partial charge in [-0.1, -0.05) is 12.1 Å². The van der Waals surface area contributed by atoms with Gasteiger partial charge in [0, 0.05) is 0 Å². The molecule has 0 aromatic heterocycles. The number of hydrogen-bond donors (Lipinski definition) is 0. The Bertz CT molecular complexity index is 539. The summed E-state index contributed by atoms with van der Waals surface area (Å²) in [6.45, 7) is 0.745. The Balaban J connectivity index is 2.19. The van der Waals surface area contributed by atoms with Gasteiger partial charge in [0.05, 0.1) is 24.7 Å². The third kappa shape index (κ3) is 2.44. The molecule has 0 aliphatic carbocycles. The van der Waals surface area contributed by atoms with E-state index < -0.39 is 15.1 Å². The quantitative estimate of drug-likeness (QED) is 0.584. The van der Waals surface area contributed by atoms with E-state index in [9.17, 15) is 13.2 Å². The van der Waals surface area contributed by atoms with Crippen LogP contribution in [-0.4, -0.2) is 33.0 Å². The molecule has 0 N–H and O–H groups in total. The van der Waals surface area contributed by atoms with Crippen LogP contribution in [-0.2, 0) is 25.9 Å². The second-order valence-corrected chi connectivity index (χ2v) is 5.98. The Morgan fingerprint density at radius 1 is 1.29 bits per heavy atom. The molecule has 0 bridgehead atoms. The predicted octanol–water partition coefficient (Wildman–Crippen LogP) is 0.695. The molecule has 0 atom stereocenters. The monoisotopic (exact) mass is 253 g/mol. The smallest absolute Gasteiger partial charge is 0.235 e. The lowest BCUT2D eigenvalue weighted by atomic mass is 10.2. The van der Waals surface area contributed by atoms with Gasteiger partial charge in [-0.2, -0.15) is 0 Å². The van der Waals surface area contributed by atoms with Crippen molar-refractivity contribution >= 4 is 15.9 Å². The third-order valence-corrected chi connectivity index (χ3v) is 4.70. The lowest BCUT2D eigenvalue weighted by molar-refractivity contribution is 0.0416. The van der Waals surface area contributed by atoms with E-state index in [1.807, 2.05) is 0 Å². The molecule has 6 heteroatoms. The summed E-state index contributed by atoms with van der Waals surface area (Å²) in [6, 6.07) is 6.35. The molecule has 1 aromatic rings. The normalized spacial score (nSPS) is 16.0. The molecule has 1 heterocycles. The van der Waals surface area contributed by atoms with Crippen molar-refractivity contribution in [2.24, 2.45) is 4.99 Å². The molecule has 0 saturated carbocycles. The maximum Gasteiger partial charge on any atom is 0.235 e. The van der Waals surface area contributed by atoms with Crippen LogP contribution in [0.5, 0.6) is 0 Å². The molecule has 0 radical (unpaired) electrons. The highest BCUT2D eigenvalue weighted by Crippen LogP contribution is 2.21. The number of aliphatic imine (C=N–C) groups is 1. The summed E-state index contributed by atoms with van der Waals surface area (Å²) in [5.74, 6) is 0. The van der Waals surface area contributed by atoms with Gasteiger partial charge in [0.2, 0.25) is 6.08 Å². The maximum absolute atomic E-state index is 12.0. The third-order valence-electron chi connectivity index (χ3n) is 2.62. The van der Waals surface area contributed by atoms with E-state index in [2.05, 4.69) is 4.99 Å². The Kier molecular flexibility index (Phi) is 3.38. The van der Waals surface area contributed by atoms with Crippen molar-refractivity contribution in [3.05, 3.63) is 29.8 Å². The van der Waals surface area contributed by atoms with Gasteiger partial charge in [-0.25, -0.2) is 18.2 Å². The number of nitrogens with zero attached hydrogens (tertiary/aromatic N) is 1. The molecule has 0 amide bonds. The van der Waals surface area contributed by atoms with Crippen molar-refractivity contribution in [2.75, 3.05) is 13.2 Å². The van der Waals surface area contributed by atoms with Gasteiger partial charge >= 0.3 is 0 Å². The van der Waals surface area contributed by atoms with Crippen molar-refractivity contribution in [2.45, 2.75) is 16.7 Å². The lowest BCUT2D eigenvalue weighted by Gasteiger charge is -2.25. The predicted molar refractivity (Wildman–Crippen MR) is 60.1 cm³/mol. The van der Waals surface area contributed by atoms with Crippen LogP contribution in [0.15, 0.2) is 34.2 Å². The highest BCUT2D eigenvalue weighted by atomic mass is 32.2. The van der Waals surface area contributed by atoms with Crippen LogP contribution in [0, 0.1) is 0 Å². The number of carbonyl (C=O) groups excluding carboxylic acids is 1. The number of rotatable bonds is 4. The summed E-state index contributed by atoms with van der Waals surface area (Å²) in [4.78, 5) is 13.6. The van der Waals surface area contributed by atoms with Crippen molar-refractivity contribution in [1.82, 2.24) is 0 Å². The average Bonchev–Trinajstić information content (AvgIpc) is 2.24. The molecule has 0 unspecified atom stereocenters. The van der Waals surface area contributed by atoms with E-state index in [4.69, 9.17) is 4.74 Å². The Labute approximate surface area is 99.0 Å². The summed E-state index contributed by atoms with van der Waals surface area (Å²) >= 11 is 0. The van der Waals surface area contributed by atoms with Crippen LogP contribution in [0.4, 0.5) is 0 Å². The van der Waals surface area contributed by atoms with E-state index in [-0.39, 0.29) is 24.7 Å². The highest BCUT2D eigenvalue weighted by Gasteiger charge is 2.33. The topological polar surface area (TPSA) is 72.8 Å². The molecular formula is C11H11NO4S. The fraction of sp³-hybridized carbons (Fsp3) is 0.364. The van der Waals surface area contributed by atoms with Crippen molar-refractivity contribution < 1.29 is 17.9 Å². The minimum absolute atomic E-state index is 0.219. The van der Waals surface area contributed by atoms with Crippen LogP contribution in [0.25, 0.3) is 0 Å². The Morgan fingerprint density at radius 2 is 1.94 bits per heavy atom. The summed E-state index contributed by atoms with van der Waals surface area (Å²) in [7, 11) is -3.27. The average molecular weight is 253 g/mol. The van der Waals surface area contributed by atoms with Gasteiger partial charge in [0.1, 0.15) is 5.25 Å². The van der Waals surface area contributed by atoms with E-state index in [0.717, 1.165) is 5.56 Å². The first-order valence-corrected chi connectivity index (χ1v) is 6.63. The van der Waals surface area contributed by atoms with Gasteiger partial charge in [-0.15, -0.1) is 0 Å². The van der Waals surface area contributed by atoms with E-state index in [0.29, 0.717) is 0 Å². The fourth-order valence-electron chi connectivity index (χ4n) is 1.49. The number of ether oxygens (including phenoxy) is 1. The zero-order valence-corrected chi connectivity index (χ0v) is 9.81. The van der Waals surface area contributed by atoms with Gasteiger partial charge in [0.25, 0.3) is 0 Å². The summed E-state index contributed by atoms with van der Waals surface area (Å²) in [5.41, 5.74) is 0.775. The summed E-state index contributed by atoms with van der Waals surface area (Å²) < 4.78 is 28.8. The van der Waals surface area contributed by atoms with E-state index in [1.165, 1.54) is 18.2 Å². The van der Waals surface area contributed by atoms with Crippen molar-refractivity contribution in [3.8, 4) is 0 Å². The summed E-state index contributed by atoms with van der Waals surface area (Å²) in [5, 5.41) is -0.429. The maximum atomic E-state index is 12.0. The zero-order chi connectivity index (χ0) is 12.3. The first kappa shape index (κ1) is 12.0. The van der Waals surface area contributed by atoms with Crippen LogP contribution in [0.2, 0.25) is 0 Å². The molecule has 1 aliphatic heterocycles. The lowest BCUT2D eigenvalue weighted by Crippen LogP contribution is -2.40. The first-order valence-electron chi connectivity index (χ1n) is 5.09. The molecule has 2 rings (SSSR count). The van der Waals surface area contributed by atoms with Crippen molar-refractivity contribution in [3.63, 3.8) is 0 Å². The van der Waals surface area contributed by atoms with Crippen LogP contribution >= 0.6 is 0 Å². The van der Waals surface area contributed by atoms with E-state index >= 15 is 0 Å². The van der Waals surface area contributed by atoms with Gasteiger partial charge in [-0.05, 0) is 17.7 Å². The van der Waals surface area contributed by atoms with Crippen LogP contribution in [0.1, 0.15) is 5.56 Å². The standard InChI is InChI=1S/C11H11NO4S/c13-8-12-5-9-1-3-10(4-2-9)17(14,15)11-6-16-7-11/h1-4,11H,5-7H2. The second-order valence-electron chi connectivity index (χ2n) is 3.76. The molecular weight excluding hydrogens is 242 g/mol. The number of sulfone groups is 1. The minimum Gasteiger partial charge on any atom is -0.379 e. The number of benzene rings is 1. The minimum atomic E-state index is -3.27. The largest absolute Gasteiger partial charge is 0.379 e. The number of isocyanates is 1. The fourth-order valence-corrected chi connectivity index (χ4v) is 2.94. The van der Waals surface area contributed by atoms with Gasteiger partial charge in [-0.3, -0.25) is 0 Å². The molecule has 90 valence electrons.